The Morgan fingerprint density at radius 3 is 3.06 bits per heavy atom. The van der Waals surface area contributed by atoms with Crippen LogP contribution in [0.25, 0.3) is 11.0 Å². The van der Waals surface area contributed by atoms with E-state index in [4.69, 9.17) is 16.7 Å². The second-order valence-corrected chi connectivity index (χ2v) is 4.41. The van der Waals surface area contributed by atoms with E-state index in [2.05, 4.69) is 29.2 Å². The molecule has 3 aromatic rings. The molecule has 0 bridgehead atoms. The number of aromatic nitrogens is 3. The van der Waals surface area contributed by atoms with E-state index < -0.39 is 0 Å². The Kier molecular flexibility index (Phi) is 2.33. The lowest BCUT2D eigenvalue weighted by Crippen LogP contribution is -1.99. The van der Waals surface area contributed by atoms with Gasteiger partial charge in [0, 0.05) is 6.07 Å². The van der Waals surface area contributed by atoms with Gasteiger partial charge < -0.3 is 14.1 Å². The van der Waals surface area contributed by atoms with Crippen LogP contribution in [0.2, 0.25) is 0 Å². The third-order valence-corrected chi connectivity index (χ3v) is 3.06. The predicted molar refractivity (Wildman–Crippen MR) is 67.5 cm³/mol. The summed E-state index contributed by atoms with van der Waals surface area (Å²) in [7, 11) is 0. The molecule has 0 amide bonds. The van der Waals surface area contributed by atoms with E-state index in [1.165, 1.54) is 5.56 Å². The maximum atomic E-state index is 5.32. The minimum atomic E-state index is 0.624. The SMILES string of the molecule is Cc1ccc2[nH]c(=S)n(Cc3ccon3)c2c1. The third-order valence-electron chi connectivity index (χ3n) is 2.74. The maximum absolute atomic E-state index is 5.32. The van der Waals surface area contributed by atoms with Crippen molar-refractivity contribution in [1.82, 2.24) is 14.7 Å². The van der Waals surface area contributed by atoms with Crippen molar-refractivity contribution in [2.24, 2.45) is 0 Å². The molecule has 0 unspecified atom stereocenters. The lowest BCUT2D eigenvalue weighted by atomic mass is 10.2. The summed E-state index contributed by atoms with van der Waals surface area (Å²) >= 11 is 5.32. The fourth-order valence-corrected chi connectivity index (χ4v) is 2.17. The number of aryl methyl sites for hydroxylation is 1. The zero-order chi connectivity index (χ0) is 11.8. The molecule has 0 aliphatic heterocycles. The van der Waals surface area contributed by atoms with E-state index in [9.17, 15) is 0 Å². The Morgan fingerprint density at radius 1 is 1.41 bits per heavy atom. The lowest BCUT2D eigenvalue weighted by molar-refractivity contribution is 0.410. The molecule has 0 saturated carbocycles. The molecule has 0 radical (unpaired) electrons. The largest absolute Gasteiger partial charge is 0.364 e. The number of H-pyrrole nitrogens is 1. The van der Waals surface area contributed by atoms with Gasteiger partial charge in [-0.25, -0.2) is 0 Å². The summed E-state index contributed by atoms with van der Waals surface area (Å²) < 4.78 is 7.56. The molecule has 17 heavy (non-hydrogen) atoms. The van der Waals surface area contributed by atoms with Crippen molar-refractivity contribution < 1.29 is 4.52 Å². The molecule has 0 aliphatic rings. The molecular weight excluding hydrogens is 234 g/mol. The third kappa shape index (κ3) is 1.78. The first kappa shape index (κ1) is 10.3. The topological polar surface area (TPSA) is 46.8 Å². The Balaban J connectivity index is 2.17. The number of hydrogen-bond acceptors (Lipinski definition) is 3. The van der Waals surface area contributed by atoms with Gasteiger partial charge in [-0.15, -0.1) is 0 Å². The van der Waals surface area contributed by atoms with Crippen LogP contribution in [0.4, 0.5) is 0 Å². The van der Waals surface area contributed by atoms with Crippen LogP contribution in [0.15, 0.2) is 35.1 Å². The predicted octanol–water partition coefficient (Wildman–Crippen LogP) is 3.04. The quantitative estimate of drug-likeness (QED) is 0.706. The summed E-state index contributed by atoms with van der Waals surface area (Å²) in [5.41, 5.74) is 4.21. The Bertz CT molecular complexity index is 709. The van der Waals surface area contributed by atoms with Gasteiger partial charge in [0.15, 0.2) is 4.77 Å². The van der Waals surface area contributed by atoms with Gasteiger partial charge in [-0.2, -0.15) is 0 Å². The van der Waals surface area contributed by atoms with E-state index >= 15 is 0 Å². The van der Waals surface area contributed by atoms with Crippen molar-refractivity contribution in [2.45, 2.75) is 13.5 Å². The number of rotatable bonds is 2. The van der Waals surface area contributed by atoms with Crippen molar-refractivity contribution in [3.8, 4) is 0 Å². The van der Waals surface area contributed by atoms with Gasteiger partial charge in [0.25, 0.3) is 0 Å². The van der Waals surface area contributed by atoms with Crippen molar-refractivity contribution in [2.75, 3.05) is 0 Å². The van der Waals surface area contributed by atoms with E-state index in [-0.39, 0.29) is 0 Å². The summed E-state index contributed by atoms with van der Waals surface area (Å²) in [6.07, 6.45) is 1.57. The van der Waals surface area contributed by atoms with Gasteiger partial charge in [-0.3, -0.25) is 0 Å². The molecule has 1 N–H and O–H groups in total. The summed E-state index contributed by atoms with van der Waals surface area (Å²) in [6, 6.07) is 8.06. The smallest absolute Gasteiger partial charge is 0.178 e. The molecule has 0 spiro atoms. The molecule has 5 heteroatoms. The van der Waals surface area contributed by atoms with Gasteiger partial charge in [0.2, 0.25) is 0 Å². The number of nitrogens with zero attached hydrogens (tertiary/aromatic N) is 2. The molecule has 0 atom stereocenters. The van der Waals surface area contributed by atoms with Crippen LogP contribution in [-0.4, -0.2) is 14.7 Å². The van der Waals surface area contributed by atoms with Crippen molar-refractivity contribution >= 4 is 23.3 Å². The normalized spacial score (nSPS) is 11.1. The van der Waals surface area contributed by atoms with Crippen molar-refractivity contribution in [3.05, 3.63) is 46.6 Å². The Morgan fingerprint density at radius 2 is 2.29 bits per heavy atom. The molecule has 1 aromatic carbocycles. The second kappa shape index (κ2) is 3.85. The zero-order valence-electron chi connectivity index (χ0n) is 9.30. The average molecular weight is 245 g/mol. The highest BCUT2D eigenvalue weighted by Crippen LogP contribution is 2.17. The molecule has 2 aromatic heterocycles. The van der Waals surface area contributed by atoms with Gasteiger partial charge in [0.05, 0.1) is 17.6 Å². The molecular formula is C12H11N3OS. The number of aromatic amines is 1. The molecule has 0 fully saturated rings. The highest BCUT2D eigenvalue weighted by atomic mass is 32.1. The van der Waals surface area contributed by atoms with Gasteiger partial charge in [-0.1, -0.05) is 11.2 Å². The van der Waals surface area contributed by atoms with Gasteiger partial charge in [-0.05, 0) is 36.8 Å². The average Bonchev–Trinajstić information content (AvgIpc) is 2.90. The Labute approximate surface area is 103 Å². The molecule has 3 rings (SSSR count). The molecule has 4 nitrogen and oxygen atoms in total. The molecule has 2 heterocycles. The van der Waals surface area contributed by atoms with Crippen LogP contribution in [0.3, 0.4) is 0 Å². The monoisotopic (exact) mass is 245 g/mol. The summed E-state index contributed by atoms with van der Waals surface area (Å²) in [5.74, 6) is 0. The first-order valence-electron chi connectivity index (χ1n) is 5.32. The standard InChI is InChI=1S/C12H11N3OS/c1-8-2-3-10-11(6-8)15(12(17)13-10)7-9-4-5-16-14-9/h2-6H,7H2,1H3,(H,13,17). The molecule has 0 aliphatic carbocycles. The number of imidazole rings is 1. The summed E-state index contributed by atoms with van der Waals surface area (Å²) in [5, 5.41) is 3.91. The highest BCUT2D eigenvalue weighted by molar-refractivity contribution is 7.71. The van der Waals surface area contributed by atoms with Crippen LogP contribution in [0.1, 0.15) is 11.3 Å². The van der Waals surface area contributed by atoms with Crippen LogP contribution >= 0.6 is 12.2 Å². The van der Waals surface area contributed by atoms with Crippen molar-refractivity contribution in [1.29, 1.82) is 0 Å². The van der Waals surface area contributed by atoms with Crippen molar-refractivity contribution in [3.63, 3.8) is 0 Å². The minimum absolute atomic E-state index is 0.624. The van der Waals surface area contributed by atoms with E-state index in [1.54, 1.807) is 6.26 Å². The van der Waals surface area contributed by atoms with Crippen LogP contribution in [0.5, 0.6) is 0 Å². The van der Waals surface area contributed by atoms with Gasteiger partial charge in [0.1, 0.15) is 12.0 Å². The number of benzene rings is 1. The fourth-order valence-electron chi connectivity index (χ4n) is 1.90. The lowest BCUT2D eigenvalue weighted by Gasteiger charge is -2.01. The minimum Gasteiger partial charge on any atom is -0.364 e. The van der Waals surface area contributed by atoms with E-state index in [0.29, 0.717) is 11.3 Å². The number of hydrogen-bond donors (Lipinski definition) is 1. The zero-order valence-corrected chi connectivity index (χ0v) is 10.1. The van der Waals surface area contributed by atoms with Crippen LogP contribution < -0.4 is 0 Å². The first-order valence-corrected chi connectivity index (χ1v) is 5.73. The number of nitrogens with one attached hydrogen (secondary N) is 1. The Hall–Kier alpha value is -1.88. The molecule has 86 valence electrons. The molecule has 0 saturated heterocycles. The maximum Gasteiger partial charge on any atom is 0.178 e. The highest BCUT2D eigenvalue weighted by Gasteiger charge is 2.06. The van der Waals surface area contributed by atoms with E-state index in [1.807, 2.05) is 16.7 Å². The van der Waals surface area contributed by atoms with E-state index in [0.717, 1.165) is 16.7 Å². The first-order chi connectivity index (χ1) is 8.24. The summed E-state index contributed by atoms with van der Waals surface area (Å²) in [6.45, 7) is 2.69. The fraction of sp³-hybridized carbons (Fsp3) is 0.167. The second-order valence-electron chi connectivity index (χ2n) is 4.03. The van der Waals surface area contributed by atoms with Crippen LogP contribution in [0, 0.1) is 11.7 Å². The number of fused-ring (bicyclic) bond motifs is 1. The van der Waals surface area contributed by atoms with Crippen LogP contribution in [-0.2, 0) is 6.54 Å². The van der Waals surface area contributed by atoms with Gasteiger partial charge >= 0.3 is 0 Å². The summed E-state index contributed by atoms with van der Waals surface area (Å²) in [4.78, 5) is 3.19.